The van der Waals surface area contributed by atoms with Crippen LogP contribution in [0.3, 0.4) is 0 Å². The molecule has 1 rings (SSSR count). The van der Waals surface area contributed by atoms with Crippen molar-refractivity contribution in [2.24, 2.45) is 5.92 Å². The standard InChI is InChI=1S/C14H21NO2/c1-3-11(4-2)14(17)15-10-9-12-7-5-6-8-13(12)16/h5-8,11,16H,3-4,9-10H2,1-2H3,(H,15,17). The van der Waals surface area contributed by atoms with E-state index in [4.69, 9.17) is 0 Å². The van der Waals surface area contributed by atoms with Gasteiger partial charge in [-0.3, -0.25) is 4.79 Å². The molecule has 0 radical (unpaired) electrons. The van der Waals surface area contributed by atoms with Gasteiger partial charge in [0.2, 0.25) is 5.91 Å². The smallest absolute Gasteiger partial charge is 0.223 e. The number of aromatic hydroxyl groups is 1. The summed E-state index contributed by atoms with van der Waals surface area (Å²) in [5.41, 5.74) is 0.873. The van der Waals surface area contributed by atoms with E-state index in [1.54, 1.807) is 12.1 Å². The predicted octanol–water partition coefficient (Wildman–Crippen LogP) is 2.49. The molecule has 1 amide bonds. The quantitative estimate of drug-likeness (QED) is 0.796. The summed E-state index contributed by atoms with van der Waals surface area (Å²) in [7, 11) is 0. The molecule has 0 aliphatic heterocycles. The van der Waals surface area contributed by atoms with Gasteiger partial charge in [-0.15, -0.1) is 0 Å². The van der Waals surface area contributed by atoms with Gasteiger partial charge in [-0.1, -0.05) is 32.0 Å². The van der Waals surface area contributed by atoms with Crippen molar-refractivity contribution in [1.82, 2.24) is 5.32 Å². The van der Waals surface area contributed by atoms with Gasteiger partial charge in [-0.25, -0.2) is 0 Å². The predicted molar refractivity (Wildman–Crippen MR) is 68.9 cm³/mol. The minimum atomic E-state index is 0.111. The number of phenolic OH excluding ortho intramolecular Hbond substituents is 1. The molecular weight excluding hydrogens is 214 g/mol. The van der Waals surface area contributed by atoms with Crippen molar-refractivity contribution in [3.63, 3.8) is 0 Å². The Morgan fingerprint density at radius 1 is 1.29 bits per heavy atom. The fourth-order valence-electron chi connectivity index (χ4n) is 1.85. The zero-order chi connectivity index (χ0) is 12.7. The number of amides is 1. The first-order chi connectivity index (χ1) is 8.19. The Balaban J connectivity index is 2.38. The minimum absolute atomic E-state index is 0.111. The van der Waals surface area contributed by atoms with Crippen LogP contribution in [-0.2, 0) is 11.2 Å². The first kappa shape index (κ1) is 13.6. The second-order valence-corrected chi connectivity index (χ2v) is 4.18. The molecule has 0 bridgehead atoms. The highest BCUT2D eigenvalue weighted by molar-refractivity contribution is 5.78. The summed E-state index contributed by atoms with van der Waals surface area (Å²) in [4.78, 5) is 11.7. The van der Waals surface area contributed by atoms with Crippen LogP contribution in [0, 0.1) is 5.92 Å². The molecule has 0 unspecified atom stereocenters. The number of rotatable bonds is 6. The maximum Gasteiger partial charge on any atom is 0.223 e. The van der Waals surface area contributed by atoms with Crippen LogP contribution in [0.25, 0.3) is 0 Å². The van der Waals surface area contributed by atoms with Crippen LogP contribution in [0.15, 0.2) is 24.3 Å². The van der Waals surface area contributed by atoms with Crippen molar-refractivity contribution in [1.29, 1.82) is 0 Å². The second kappa shape index (κ2) is 6.94. The maximum atomic E-state index is 11.7. The van der Waals surface area contributed by atoms with Crippen molar-refractivity contribution >= 4 is 5.91 Å². The molecule has 0 aliphatic rings. The number of hydrogen-bond donors (Lipinski definition) is 2. The van der Waals surface area contributed by atoms with Gasteiger partial charge in [0, 0.05) is 12.5 Å². The molecule has 1 aromatic rings. The third kappa shape index (κ3) is 4.10. The molecule has 3 heteroatoms. The van der Waals surface area contributed by atoms with Gasteiger partial charge in [0.25, 0.3) is 0 Å². The van der Waals surface area contributed by atoms with Crippen molar-refractivity contribution < 1.29 is 9.90 Å². The Morgan fingerprint density at radius 3 is 2.53 bits per heavy atom. The fourth-order valence-corrected chi connectivity index (χ4v) is 1.85. The molecule has 1 aromatic carbocycles. The molecule has 3 nitrogen and oxygen atoms in total. The molecule has 94 valence electrons. The normalized spacial score (nSPS) is 10.5. The van der Waals surface area contributed by atoms with E-state index >= 15 is 0 Å². The Kier molecular flexibility index (Phi) is 5.53. The van der Waals surface area contributed by atoms with Crippen LogP contribution in [-0.4, -0.2) is 17.6 Å². The van der Waals surface area contributed by atoms with Gasteiger partial charge in [-0.2, -0.15) is 0 Å². The van der Waals surface area contributed by atoms with Crippen LogP contribution in [0.1, 0.15) is 32.3 Å². The second-order valence-electron chi connectivity index (χ2n) is 4.18. The third-order valence-corrected chi connectivity index (χ3v) is 3.04. The lowest BCUT2D eigenvalue weighted by Crippen LogP contribution is -2.31. The van der Waals surface area contributed by atoms with E-state index in [1.807, 2.05) is 26.0 Å². The number of benzene rings is 1. The third-order valence-electron chi connectivity index (χ3n) is 3.04. The SMILES string of the molecule is CCC(CC)C(=O)NCCc1ccccc1O. The van der Waals surface area contributed by atoms with Crippen LogP contribution >= 0.6 is 0 Å². The summed E-state index contributed by atoms with van der Waals surface area (Å²) in [6, 6.07) is 7.22. The molecule has 0 aliphatic carbocycles. The van der Waals surface area contributed by atoms with E-state index in [2.05, 4.69) is 5.32 Å². The van der Waals surface area contributed by atoms with Crippen LogP contribution in [0.5, 0.6) is 5.75 Å². The van der Waals surface area contributed by atoms with E-state index < -0.39 is 0 Å². The Labute approximate surface area is 103 Å². The number of phenols is 1. The molecular formula is C14H21NO2. The van der Waals surface area contributed by atoms with Crippen LogP contribution in [0.4, 0.5) is 0 Å². The summed E-state index contributed by atoms with van der Waals surface area (Å²) < 4.78 is 0. The molecule has 0 heterocycles. The molecule has 17 heavy (non-hydrogen) atoms. The lowest BCUT2D eigenvalue weighted by molar-refractivity contribution is -0.125. The summed E-state index contributed by atoms with van der Waals surface area (Å²) in [5, 5.41) is 12.5. The summed E-state index contributed by atoms with van der Waals surface area (Å²) in [6.07, 6.45) is 2.41. The highest BCUT2D eigenvalue weighted by atomic mass is 16.3. The van der Waals surface area contributed by atoms with Gasteiger partial charge in [0.15, 0.2) is 0 Å². The number of nitrogens with one attached hydrogen (secondary N) is 1. The zero-order valence-corrected chi connectivity index (χ0v) is 10.6. The maximum absolute atomic E-state index is 11.7. The van der Waals surface area contributed by atoms with E-state index in [0.717, 1.165) is 18.4 Å². The van der Waals surface area contributed by atoms with Gasteiger partial charge in [0.05, 0.1) is 0 Å². The molecule has 0 atom stereocenters. The molecule has 2 N–H and O–H groups in total. The van der Waals surface area contributed by atoms with Crippen molar-refractivity contribution in [2.75, 3.05) is 6.54 Å². The summed E-state index contributed by atoms with van der Waals surface area (Å²) >= 11 is 0. The highest BCUT2D eigenvalue weighted by Crippen LogP contribution is 2.15. The Hall–Kier alpha value is -1.51. The van der Waals surface area contributed by atoms with E-state index in [1.165, 1.54) is 0 Å². The minimum Gasteiger partial charge on any atom is -0.508 e. The lowest BCUT2D eigenvalue weighted by Gasteiger charge is -2.12. The van der Waals surface area contributed by atoms with Crippen molar-refractivity contribution in [3.05, 3.63) is 29.8 Å². The van der Waals surface area contributed by atoms with Gasteiger partial charge < -0.3 is 10.4 Å². The number of carbonyl (C=O) groups excluding carboxylic acids is 1. The summed E-state index contributed by atoms with van der Waals surface area (Å²) in [6.45, 7) is 4.63. The first-order valence-corrected chi connectivity index (χ1v) is 6.23. The number of para-hydroxylation sites is 1. The van der Waals surface area contributed by atoms with E-state index in [-0.39, 0.29) is 11.8 Å². The number of hydrogen-bond acceptors (Lipinski definition) is 2. The molecule has 0 fully saturated rings. The first-order valence-electron chi connectivity index (χ1n) is 6.23. The Morgan fingerprint density at radius 2 is 1.94 bits per heavy atom. The zero-order valence-electron chi connectivity index (χ0n) is 10.6. The molecule has 0 saturated carbocycles. The lowest BCUT2D eigenvalue weighted by atomic mass is 10.0. The topological polar surface area (TPSA) is 49.3 Å². The highest BCUT2D eigenvalue weighted by Gasteiger charge is 2.13. The van der Waals surface area contributed by atoms with Crippen LogP contribution < -0.4 is 5.32 Å². The van der Waals surface area contributed by atoms with E-state index in [9.17, 15) is 9.90 Å². The fraction of sp³-hybridized carbons (Fsp3) is 0.500. The van der Waals surface area contributed by atoms with Gasteiger partial charge in [0.1, 0.15) is 5.75 Å². The average molecular weight is 235 g/mol. The Bertz CT molecular complexity index is 359. The van der Waals surface area contributed by atoms with Crippen LogP contribution in [0.2, 0.25) is 0 Å². The molecule has 0 aromatic heterocycles. The van der Waals surface area contributed by atoms with Crippen molar-refractivity contribution in [3.8, 4) is 5.75 Å². The molecule has 0 spiro atoms. The number of carbonyl (C=O) groups is 1. The van der Waals surface area contributed by atoms with Gasteiger partial charge in [-0.05, 0) is 30.9 Å². The van der Waals surface area contributed by atoms with Crippen molar-refractivity contribution in [2.45, 2.75) is 33.1 Å². The average Bonchev–Trinajstić information content (AvgIpc) is 2.33. The summed E-state index contributed by atoms with van der Waals surface area (Å²) in [5.74, 6) is 0.522. The van der Waals surface area contributed by atoms with E-state index in [0.29, 0.717) is 18.7 Å². The monoisotopic (exact) mass is 235 g/mol. The largest absolute Gasteiger partial charge is 0.508 e. The molecule has 0 saturated heterocycles. The van der Waals surface area contributed by atoms with Gasteiger partial charge >= 0.3 is 0 Å².